The molecule has 0 spiro atoms. The van der Waals surface area contributed by atoms with Crippen LogP contribution in [0.25, 0.3) is 0 Å². The smallest absolute Gasteiger partial charge is 0.0487 e. The molecule has 1 rings (SSSR count). The molecular formula is C3H6CaN2. The van der Waals surface area contributed by atoms with E-state index in [9.17, 15) is 0 Å². The van der Waals surface area contributed by atoms with E-state index in [1.54, 1.807) is 12.4 Å². The average Bonchev–Trinajstić information content (AvgIpc) is 1.76. The number of hydrogen-bond donors (Lipinski definition) is 1. The maximum atomic E-state index is 3.60. The summed E-state index contributed by atoms with van der Waals surface area (Å²) in [6.45, 7) is 0. The summed E-state index contributed by atoms with van der Waals surface area (Å²) < 4.78 is 0. The molecule has 1 N–H and O–H groups in total. The molecule has 0 aliphatic heterocycles. The minimum absolute atomic E-state index is 0. The van der Waals surface area contributed by atoms with Crippen LogP contribution in [0.15, 0.2) is 18.5 Å². The minimum Gasteiger partial charge on any atom is -0.286 e. The number of H-pyrrole nitrogens is 1. The fraction of sp³-hybridized carbons (Fsp3) is 0. The van der Waals surface area contributed by atoms with Gasteiger partial charge in [0, 0.05) is 12.4 Å². The monoisotopic (exact) mass is 110 g/mol. The van der Waals surface area contributed by atoms with Crippen LogP contribution in [0.4, 0.5) is 0 Å². The van der Waals surface area contributed by atoms with E-state index in [0.29, 0.717) is 0 Å². The number of aromatic nitrogens is 2. The molecule has 1 aromatic heterocycles. The van der Waals surface area contributed by atoms with Crippen LogP contribution in [0.1, 0.15) is 0 Å². The summed E-state index contributed by atoms with van der Waals surface area (Å²) in [5.74, 6) is 0. The molecule has 0 unspecified atom stereocenters. The molecule has 3 heteroatoms. The van der Waals surface area contributed by atoms with Crippen molar-refractivity contribution >= 4 is 37.7 Å². The predicted octanol–water partition coefficient (Wildman–Crippen LogP) is -0.507. The zero-order chi connectivity index (χ0) is 3.54. The maximum absolute atomic E-state index is 3.60. The van der Waals surface area contributed by atoms with Gasteiger partial charge in [-0.15, -0.1) is 0 Å². The van der Waals surface area contributed by atoms with Crippen molar-refractivity contribution in [2.45, 2.75) is 0 Å². The Labute approximate surface area is 65.9 Å². The van der Waals surface area contributed by atoms with Gasteiger partial charge in [-0.25, -0.2) is 0 Å². The average molecular weight is 110 g/mol. The van der Waals surface area contributed by atoms with E-state index in [-0.39, 0.29) is 37.7 Å². The molecule has 0 saturated carbocycles. The number of nitrogens with one attached hydrogen (secondary N) is 1. The van der Waals surface area contributed by atoms with Crippen LogP contribution in [0, 0.1) is 0 Å². The number of hydrogen-bond acceptors (Lipinski definition) is 1. The maximum Gasteiger partial charge on any atom is 0.0487 e. The molecule has 0 aliphatic carbocycles. The van der Waals surface area contributed by atoms with E-state index in [4.69, 9.17) is 0 Å². The summed E-state index contributed by atoms with van der Waals surface area (Å²) in [4.78, 5) is 0. The van der Waals surface area contributed by atoms with E-state index < -0.39 is 0 Å². The van der Waals surface area contributed by atoms with Crippen LogP contribution in [-0.4, -0.2) is 47.9 Å². The molecular weight excluding hydrogens is 104 g/mol. The summed E-state index contributed by atoms with van der Waals surface area (Å²) in [6.07, 6.45) is 3.46. The summed E-state index contributed by atoms with van der Waals surface area (Å²) in [5.41, 5.74) is 0. The Morgan fingerprint density at radius 1 is 1.50 bits per heavy atom. The van der Waals surface area contributed by atoms with Crippen molar-refractivity contribution in [3.05, 3.63) is 18.5 Å². The third-order valence-corrected chi connectivity index (χ3v) is 0.406. The van der Waals surface area contributed by atoms with Crippen molar-refractivity contribution in [1.29, 1.82) is 0 Å². The zero-order valence-electron chi connectivity index (χ0n) is 2.68. The first kappa shape index (κ1) is 6.47. The summed E-state index contributed by atoms with van der Waals surface area (Å²) >= 11 is 0. The third-order valence-electron chi connectivity index (χ3n) is 0.406. The van der Waals surface area contributed by atoms with E-state index >= 15 is 0 Å². The Bertz CT molecular complexity index is 65.3. The fourth-order valence-corrected chi connectivity index (χ4v) is 0.215. The summed E-state index contributed by atoms with van der Waals surface area (Å²) in [6, 6.07) is 1.83. The molecule has 2 nitrogen and oxygen atoms in total. The number of rotatable bonds is 0. The van der Waals surface area contributed by atoms with Gasteiger partial charge in [-0.2, -0.15) is 5.10 Å². The molecule has 1 aromatic rings. The van der Waals surface area contributed by atoms with Gasteiger partial charge in [-0.3, -0.25) is 5.10 Å². The quantitative estimate of drug-likeness (QED) is 0.448. The van der Waals surface area contributed by atoms with Gasteiger partial charge in [0.15, 0.2) is 0 Å². The van der Waals surface area contributed by atoms with Gasteiger partial charge >= 0.3 is 37.7 Å². The number of aromatic amines is 1. The van der Waals surface area contributed by atoms with Gasteiger partial charge in [0.2, 0.25) is 0 Å². The normalized spacial score (nSPS) is 6.67. The van der Waals surface area contributed by atoms with Crippen LogP contribution in [0.2, 0.25) is 0 Å². The minimum atomic E-state index is 0. The molecule has 0 saturated heterocycles. The summed E-state index contributed by atoms with van der Waals surface area (Å²) in [5, 5.41) is 6.21. The van der Waals surface area contributed by atoms with Crippen molar-refractivity contribution in [2.75, 3.05) is 0 Å². The Morgan fingerprint density at radius 2 is 2.33 bits per heavy atom. The van der Waals surface area contributed by atoms with E-state index in [1.165, 1.54) is 0 Å². The van der Waals surface area contributed by atoms with Gasteiger partial charge in [-0.1, -0.05) is 0 Å². The molecule has 0 fully saturated rings. The third kappa shape index (κ3) is 1.80. The largest absolute Gasteiger partial charge is 0.286 e. The van der Waals surface area contributed by atoms with Gasteiger partial charge in [0.05, 0.1) is 0 Å². The molecule has 0 bridgehead atoms. The van der Waals surface area contributed by atoms with Crippen molar-refractivity contribution in [3.63, 3.8) is 0 Å². The summed E-state index contributed by atoms with van der Waals surface area (Å²) in [7, 11) is 0. The second-order valence-corrected chi connectivity index (χ2v) is 0.766. The van der Waals surface area contributed by atoms with Crippen molar-refractivity contribution in [1.82, 2.24) is 10.2 Å². The van der Waals surface area contributed by atoms with E-state index in [2.05, 4.69) is 10.2 Å². The van der Waals surface area contributed by atoms with Crippen molar-refractivity contribution < 1.29 is 0 Å². The van der Waals surface area contributed by atoms with Gasteiger partial charge < -0.3 is 0 Å². The first-order chi connectivity index (χ1) is 2.50. The Balaban J connectivity index is 0.000000250. The van der Waals surface area contributed by atoms with Crippen LogP contribution < -0.4 is 0 Å². The molecule has 0 atom stereocenters. The molecule has 1 heterocycles. The molecule has 0 aromatic carbocycles. The van der Waals surface area contributed by atoms with E-state index in [1.807, 2.05) is 6.07 Å². The van der Waals surface area contributed by atoms with Gasteiger partial charge in [-0.05, 0) is 6.07 Å². The zero-order valence-corrected chi connectivity index (χ0v) is 2.68. The Morgan fingerprint density at radius 3 is 2.50 bits per heavy atom. The first-order valence-electron chi connectivity index (χ1n) is 1.44. The molecule has 0 amide bonds. The molecule has 6 heavy (non-hydrogen) atoms. The predicted molar refractivity (Wildman–Crippen MR) is 27.1 cm³/mol. The van der Waals surface area contributed by atoms with Gasteiger partial charge in [0.25, 0.3) is 0 Å². The van der Waals surface area contributed by atoms with E-state index in [0.717, 1.165) is 0 Å². The number of nitrogens with zero attached hydrogens (tertiary/aromatic N) is 1. The Kier molecular flexibility index (Phi) is 3.94. The standard InChI is InChI=1S/C3H4N2.Ca.2H/c1-2-4-5-3-1;;;/h1-3H,(H,4,5);;;. The SMILES string of the molecule is [CaH2].c1cn[nH]c1. The van der Waals surface area contributed by atoms with Crippen LogP contribution in [0.5, 0.6) is 0 Å². The molecule has 30 valence electrons. The van der Waals surface area contributed by atoms with Crippen molar-refractivity contribution in [3.8, 4) is 0 Å². The second-order valence-electron chi connectivity index (χ2n) is 0.766. The first-order valence-corrected chi connectivity index (χ1v) is 1.44. The van der Waals surface area contributed by atoms with Crippen LogP contribution >= 0.6 is 0 Å². The second kappa shape index (κ2) is 3.65. The van der Waals surface area contributed by atoms with Crippen molar-refractivity contribution in [2.24, 2.45) is 0 Å². The Hall–Kier alpha value is 0.470. The fourth-order valence-electron chi connectivity index (χ4n) is 0.215. The van der Waals surface area contributed by atoms with Crippen LogP contribution in [-0.2, 0) is 0 Å². The topological polar surface area (TPSA) is 28.7 Å². The molecule has 0 radical (unpaired) electrons. The van der Waals surface area contributed by atoms with Gasteiger partial charge in [0.1, 0.15) is 0 Å². The van der Waals surface area contributed by atoms with Crippen LogP contribution in [0.3, 0.4) is 0 Å². The molecule has 0 aliphatic rings.